The first-order valence-corrected chi connectivity index (χ1v) is 5.27. The predicted octanol–water partition coefficient (Wildman–Crippen LogP) is 2.51. The molecule has 3 N–H and O–H groups in total. The summed E-state index contributed by atoms with van der Waals surface area (Å²) in [5.74, 6) is 0.836. The van der Waals surface area contributed by atoms with Gasteiger partial charge in [0.1, 0.15) is 0 Å². The second-order valence-corrected chi connectivity index (χ2v) is 3.74. The molecule has 0 bridgehead atoms. The summed E-state index contributed by atoms with van der Waals surface area (Å²) in [4.78, 5) is 3.97. The van der Waals surface area contributed by atoms with Crippen LogP contribution in [0.2, 0.25) is 0 Å². The number of benzene rings is 1. The largest absolute Gasteiger partial charge is 0.399 e. The van der Waals surface area contributed by atoms with Crippen molar-refractivity contribution in [2.24, 2.45) is 0 Å². The zero-order valence-corrected chi connectivity index (χ0v) is 9.65. The van der Waals surface area contributed by atoms with Crippen LogP contribution < -0.4 is 11.1 Å². The van der Waals surface area contributed by atoms with Gasteiger partial charge in [-0.25, -0.2) is 8.78 Å². The highest BCUT2D eigenvalue weighted by molar-refractivity contribution is 5.58. The molecule has 0 spiro atoms. The number of nitrogens with two attached hydrogens (primary N) is 1. The molecule has 0 unspecified atom stereocenters. The average Bonchev–Trinajstić information content (AvgIpc) is 2.73. The molecule has 2 aromatic rings. The molecule has 2 rings (SSSR count). The van der Waals surface area contributed by atoms with Gasteiger partial charge >= 0.3 is 0 Å². The van der Waals surface area contributed by atoms with E-state index in [0.717, 1.165) is 0 Å². The Hall–Kier alpha value is -2.18. The van der Waals surface area contributed by atoms with Gasteiger partial charge in [0.05, 0.1) is 6.54 Å². The third-order valence-corrected chi connectivity index (χ3v) is 2.31. The van der Waals surface area contributed by atoms with Crippen molar-refractivity contribution in [3.63, 3.8) is 0 Å². The minimum Gasteiger partial charge on any atom is -0.399 e. The van der Waals surface area contributed by atoms with Crippen molar-refractivity contribution in [2.45, 2.75) is 19.9 Å². The van der Waals surface area contributed by atoms with Gasteiger partial charge in [0, 0.05) is 16.9 Å². The Balaban J connectivity index is 2.13. The maximum Gasteiger partial charge on any atom is 0.265 e. The number of hydrogen-bond acceptors (Lipinski definition) is 5. The molecule has 0 aliphatic rings. The number of nitrogens with one attached hydrogen (secondary N) is 1. The van der Waals surface area contributed by atoms with Gasteiger partial charge in [0.2, 0.25) is 5.89 Å². The van der Waals surface area contributed by atoms with Crippen LogP contribution in [0.1, 0.15) is 23.7 Å². The summed E-state index contributed by atoms with van der Waals surface area (Å²) in [5, 5.41) is 6.43. The predicted molar refractivity (Wildman–Crippen MR) is 62.2 cm³/mol. The Bertz CT molecular complexity index is 542. The van der Waals surface area contributed by atoms with Gasteiger partial charge in [-0.3, -0.25) is 0 Å². The Labute approximate surface area is 102 Å². The van der Waals surface area contributed by atoms with Crippen LogP contribution in [0.4, 0.5) is 20.2 Å². The maximum absolute atomic E-state index is 12.8. The van der Waals surface area contributed by atoms with Crippen LogP contribution in [0, 0.1) is 6.92 Å². The number of hydrogen-bond donors (Lipinski definition) is 2. The smallest absolute Gasteiger partial charge is 0.265 e. The van der Waals surface area contributed by atoms with Gasteiger partial charge in [-0.2, -0.15) is 4.98 Å². The topological polar surface area (TPSA) is 77.0 Å². The molecule has 1 heterocycles. The molecule has 0 atom stereocenters. The minimum atomic E-state index is -2.60. The Morgan fingerprint density at radius 2 is 2.22 bits per heavy atom. The van der Waals surface area contributed by atoms with E-state index in [9.17, 15) is 8.78 Å². The van der Waals surface area contributed by atoms with Crippen LogP contribution in [0.25, 0.3) is 0 Å². The average molecular weight is 254 g/mol. The van der Waals surface area contributed by atoms with Gasteiger partial charge < -0.3 is 15.6 Å². The molecule has 5 nitrogen and oxygen atoms in total. The molecule has 0 aliphatic carbocycles. The molecule has 18 heavy (non-hydrogen) atoms. The second-order valence-electron chi connectivity index (χ2n) is 3.74. The number of halogens is 2. The number of rotatable bonds is 4. The molecule has 0 fully saturated rings. The van der Waals surface area contributed by atoms with E-state index in [1.165, 1.54) is 12.1 Å². The van der Waals surface area contributed by atoms with Crippen molar-refractivity contribution in [3.8, 4) is 0 Å². The highest BCUT2D eigenvalue weighted by Gasteiger charge is 2.13. The zero-order chi connectivity index (χ0) is 13.1. The fraction of sp³-hybridized carbons (Fsp3) is 0.273. The second kappa shape index (κ2) is 4.99. The Morgan fingerprint density at radius 3 is 2.83 bits per heavy atom. The highest BCUT2D eigenvalue weighted by atomic mass is 19.3. The maximum atomic E-state index is 12.8. The Kier molecular flexibility index (Phi) is 3.40. The van der Waals surface area contributed by atoms with Gasteiger partial charge in [0.15, 0.2) is 5.82 Å². The summed E-state index contributed by atoms with van der Waals surface area (Å²) in [6.07, 6.45) is -2.60. The SMILES string of the molecule is Cc1noc(CNc2ccc(N)cc2C(F)F)n1. The van der Waals surface area contributed by atoms with Crippen LogP contribution in [0.3, 0.4) is 0 Å². The number of aromatic nitrogens is 2. The molecule has 0 radical (unpaired) electrons. The first-order valence-electron chi connectivity index (χ1n) is 5.27. The number of anilines is 2. The van der Waals surface area contributed by atoms with Crippen molar-refractivity contribution in [1.29, 1.82) is 0 Å². The van der Waals surface area contributed by atoms with Crippen LogP contribution in [0.5, 0.6) is 0 Å². The molecule has 96 valence electrons. The number of aryl methyl sites for hydroxylation is 1. The summed E-state index contributed by atoms with van der Waals surface area (Å²) >= 11 is 0. The molecule has 0 saturated carbocycles. The van der Waals surface area contributed by atoms with E-state index < -0.39 is 6.43 Å². The van der Waals surface area contributed by atoms with Crippen molar-refractivity contribution in [1.82, 2.24) is 10.1 Å². The molecule has 1 aromatic carbocycles. The third kappa shape index (κ3) is 2.73. The van der Waals surface area contributed by atoms with Crippen LogP contribution in [-0.4, -0.2) is 10.1 Å². The van der Waals surface area contributed by atoms with Gasteiger partial charge in [0.25, 0.3) is 6.43 Å². The summed E-state index contributed by atoms with van der Waals surface area (Å²) in [5.41, 5.74) is 5.92. The molecule has 7 heteroatoms. The number of alkyl halides is 2. The fourth-order valence-electron chi connectivity index (χ4n) is 1.51. The van der Waals surface area contributed by atoms with E-state index in [-0.39, 0.29) is 12.1 Å². The fourth-order valence-corrected chi connectivity index (χ4v) is 1.51. The zero-order valence-electron chi connectivity index (χ0n) is 9.65. The van der Waals surface area contributed by atoms with E-state index in [4.69, 9.17) is 10.3 Å². The minimum absolute atomic E-state index is 0.147. The van der Waals surface area contributed by atoms with Crippen molar-refractivity contribution in [3.05, 3.63) is 35.5 Å². The summed E-state index contributed by atoms with van der Waals surface area (Å²) in [6.45, 7) is 1.87. The molecular weight excluding hydrogens is 242 g/mol. The van der Waals surface area contributed by atoms with E-state index >= 15 is 0 Å². The highest BCUT2D eigenvalue weighted by Crippen LogP contribution is 2.29. The lowest BCUT2D eigenvalue weighted by atomic mass is 10.1. The van der Waals surface area contributed by atoms with Gasteiger partial charge in [-0.15, -0.1) is 0 Å². The lowest BCUT2D eigenvalue weighted by Gasteiger charge is -2.10. The monoisotopic (exact) mass is 254 g/mol. The van der Waals surface area contributed by atoms with Crippen molar-refractivity contribution < 1.29 is 13.3 Å². The van der Waals surface area contributed by atoms with Crippen LogP contribution in [-0.2, 0) is 6.54 Å². The molecule has 0 aliphatic heterocycles. The van der Waals surface area contributed by atoms with E-state index in [2.05, 4.69) is 15.5 Å². The molecular formula is C11H12F2N4O. The summed E-state index contributed by atoms with van der Waals surface area (Å²) in [6, 6.07) is 4.29. The summed E-state index contributed by atoms with van der Waals surface area (Å²) < 4.78 is 30.5. The van der Waals surface area contributed by atoms with E-state index in [0.29, 0.717) is 23.1 Å². The molecule has 1 aromatic heterocycles. The van der Waals surface area contributed by atoms with Gasteiger partial charge in [-0.1, -0.05) is 5.16 Å². The lowest BCUT2D eigenvalue weighted by molar-refractivity contribution is 0.152. The van der Waals surface area contributed by atoms with Crippen molar-refractivity contribution >= 4 is 11.4 Å². The first-order chi connectivity index (χ1) is 8.56. The van der Waals surface area contributed by atoms with Crippen molar-refractivity contribution in [2.75, 3.05) is 11.1 Å². The van der Waals surface area contributed by atoms with Gasteiger partial charge in [-0.05, 0) is 25.1 Å². The van der Waals surface area contributed by atoms with Crippen LogP contribution >= 0.6 is 0 Å². The summed E-state index contributed by atoms with van der Waals surface area (Å²) in [7, 11) is 0. The van der Waals surface area contributed by atoms with E-state index in [1.54, 1.807) is 13.0 Å². The normalized spacial score (nSPS) is 10.9. The number of nitrogen functional groups attached to an aromatic ring is 1. The Morgan fingerprint density at radius 1 is 1.44 bits per heavy atom. The number of nitrogens with zero attached hydrogens (tertiary/aromatic N) is 2. The third-order valence-electron chi connectivity index (χ3n) is 2.31. The van der Waals surface area contributed by atoms with E-state index in [1.807, 2.05) is 0 Å². The van der Waals surface area contributed by atoms with Crippen LogP contribution in [0.15, 0.2) is 22.7 Å². The first kappa shape index (κ1) is 12.3. The molecule has 0 amide bonds. The molecule has 0 saturated heterocycles. The standard InChI is InChI=1S/C11H12F2N4O/c1-6-16-10(18-17-6)5-15-9-3-2-7(14)4-8(9)11(12)13/h2-4,11,15H,5,14H2,1H3. The quantitative estimate of drug-likeness (QED) is 0.820. The lowest BCUT2D eigenvalue weighted by Crippen LogP contribution is -2.04.